The normalized spacial score (nSPS) is 50.3. The summed E-state index contributed by atoms with van der Waals surface area (Å²) >= 11 is 0. The maximum Gasteiger partial charge on any atom is 0.302 e. The van der Waals surface area contributed by atoms with Gasteiger partial charge >= 0.3 is 5.97 Å². The molecule has 0 aromatic carbocycles. The van der Waals surface area contributed by atoms with Gasteiger partial charge in [-0.3, -0.25) is 14.4 Å². The third-order valence-corrected chi connectivity index (χ3v) is 10.0. The van der Waals surface area contributed by atoms with Crippen LogP contribution in [0.1, 0.15) is 86.0 Å². The number of hydrogen-bond donors (Lipinski definition) is 0. The summed E-state index contributed by atoms with van der Waals surface area (Å²) in [6.45, 7) is 10.0. The van der Waals surface area contributed by atoms with Gasteiger partial charge in [0.2, 0.25) is 0 Å². The molecule has 0 amide bonds. The van der Waals surface area contributed by atoms with Crippen LogP contribution < -0.4 is 0 Å². The number of ketones is 2. The van der Waals surface area contributed by atoms with Gasteiger partial charge in [0.05, 0.1) is 0 Å². The molecule has 156 valence electrons. The van der Waals surface area contributed by atoms with E-state index in [-0.39, 0.29) is 34.6 Å². The molecule has 4 rings (SSSR count). The minimum Gasteiger partial charge on any atom is -0.463 e. The van der Waals surface area contributed by atoms with Crippen LogP contribution in [0.25, 0.3) is 0 Å². The SMILES string of the molecule is CC(=O)O[C@H]1CC[C@]2(C)[C@@H]3CC(=O)[C@@]4(C)[C@H](CC[C@H]4C(C)=O)[C@H]3CC[C@@]2(C)C1. The van der Waals surface area contributed by atoms with Gasteiger partial charge < -0.3 is 4.74 Å². The minimum absolute atomic E-state index is 0.0188. The van der Waals surface area contributed by atoms with E-state index in [9.17, 15) is 14.4 Å². The zero-order chi connectivity index (χ0) is 20.5. The molecule has 0 aromatic heterocycles. The summed E-state index contributed by atoms with van der Waals surface area (Å²) in [5, 5.41) is 0. The molecule has 0 radical (unpaired) electrons. The van der Waals surface area contributed by atoms with Crippen molar-refractivity contribution in [2.75, 3.05) is 0 Å². The molecule has 0 bridgehead atoms. The summed E-state index contributed by atoms with van der Waals surface area (Å²) < 4.78 is 5.59. The van der Waals surface area contributed by atoms with Crippen molar-refractivity contribution >= 4 is 17.5 Å². The first-order valence-electron chi connectivity index (χ1n) is 11.2. The van der Waals surface area contributed by atoms with Crippen molar-refractivity contribution in [2.24, 2.45) is 39.9 Å². The lowest BCUT2D eigenvalue weighted by molar-refractivity contribution is -0.185. The van der Waals surface area contributed by atoms with Gasteiger partial charge in [-0.05, 0) is 80.5 Å². The zero-order valence-corrected chi connectivity index (χ0v) is 18.2. The Morgan fingerprint density at radius 3 is 2.32 bits per heavy atom. The number of rotatable bonds is 2. The van der Waals surface area contributed by atoms with Crippen molar-refractivity contribution in [3.05, 3.63) is 0 Å². The van der Waals surface area contributed by atoms with Crippen LogP contribution >= 0.6 is 0 Å². The molecular weight excluding hydrogens is 352 g/mol. The molecule has 0 aliphatic heterocycles. The first-order chi connectivity index (χ1) is 13.0. The minimum atomic E-state index is -0.438. The van der Waals surface area contributed by atoms with E-state index in [0.717, 1.165) is 44.9 Å². The molecular formula is C24H36O4. The summed E-state index contributed by atoms with van der Waals surface area (Å²) in [5.41, 5.74) is -0.219. The van der Waals surface area contributed by atoms with Crippen LogP contribution in [0.4, 0.5) is 0 Å². The van der Waals surface area contributed by atoms with E-state index >= 15 is 0 Å². The van der Waals surface area contributed by atoms with E-state index in [1.807, 2.05) is 0 Å². The fourth-order valence-electron chi connectivity index (χ4n) is 8.28. The van der Waals surface area contributed by atoms with Crippen LogP contribution in [0, 0.1) is 39.9 Å². The predicted molar refractivity (Wildman–Crippen MR) is 106 cm³/mol. The summed E-state index contributed by atoms with van der Waals surface area (Å²) in [6, 6.07) is 0. The Morgan fingerprint density at radius 1 is 0.964 bits per heavy atom. The smallest absolute Gasteiger partial charge is 0.302 e. The van der Waals surface area contributed by atoms with E-state index in [4.69, 9.17) is 4.74 Å². The highest BCUT2D eigenvalue weighted by atomic mass is 16.5. The molecule has 28 heavy (non-hydrogen) atoms. The average Bonchev–Trinajstić information content (AvgIpc) is 2.95. The van der Waals surface area contributed by atoms with Crippen LogP contribution in [0.3, 0.4) is 0 Å². The van der Waals surface area contributed by atoms with E-state index in [1.54, 1.807) is 6.92 Å². The molecule has 8 atom stereocenters. The number of carbonyl (C=O) groups is 3. The van der Waals surface area contributed by atoms with Crippen molar-refractivity contribution in [3.63, 3.8) is 0 Å². The Bertz CT molecular complexity index is 713. The molecule has 4 aliphatic carbocycles. The van der Waals surface area contributed by atoms with E-state index in [1.165, 1.54) is 6.92 Å². The van der Waals surface area contributed by atoms with E-state index < -0.39 is 5.41 Å². The molecule has 0 N–H and O–H groups in total. The maximum absolute atomic E-state index is 13.5. The Balaban J connectivity index is 1.64. The highest BCUT2D eigenvalue weighted by molar-refractivity contribution is 5.93. The molecule has 0 heterocycles. The first-order valence-corrected chi connectivity index (χ1v) is 11.2. The van der Waals surface area contributed by atoms with E-state index in [0.29, 0.717) is 30.0 Å². The van der Waals surface area contributed by atoms with Crippen LogP contribution in [0.5, 0.6) is 0 Å². The van der Waals surface area contributed by atoms with Gasteiger partial charge in [-0.1, -0.05) is 20.8 Å². The Kier molecular flexibility index (Phi) is 4.60. The molecule has 0 unspecified atom stereocenters. The maximum atomic E-state index is 13.5. The molecule has 0 spiro atoms. The Morgan fingerprint density at radius 2 is 1.68 bits per heavy atom. The number of ether oxygens (including phenoxy) is 1. The quantitative estimate of drug-likeness (QED) is 0.641. The number of esters is 1. The van der Waals surface area contributed by atoms with Gasteiger partial charge in [0.25, 0.3) is 0 Å². The first kappa shape index (κ1) is 20.1. The summed E-state index contributed by atoms with van der Waals surface area (Å²) in [7, 11) is 0. The Hall–Kier alpha value is -1.19. The van der Waals surface area contributed by atoms with Crippen molar-refractivity contribution in [1.82, 2.24) is 0 Å². The van der Waals surface area contributed by atoms with Crippen molar-refractivity contribution in [2.45, 2.75) is 92.1 Å². The highest BCUT2D eigenvalue weighted by Gasteiger charge is 2.66. The summed E-state index contributed by atoms with van der Waals surface area (Å²) in [4.78, 5) is 37.2. The van der Waals surface area contributed by atoms with Crippen LogP contribution in [0.2, 0.25) is 0 Å². The van der Waals surface area contributed by atoms with Gasteiger partial charge in [-0.15, -0.1) is 0 Å². The van der Waals surface area contributed by atoms with Crippen molar-refractivity contribution in [3.8, 4) is 0 Å². The predicted octanol–water partition coefficient (Wildman–Crippen LogP) is 4.74. The molecule has 4 heteroatoms. The standard InChI is InChI=1S/C24H36O4/c1-14(25)18-6-7-19-17-9-10-22(3)13-16(28-15(2)26)8-11-23(22,4)20(17)12-21(27)24(18,19)5/h16-20H,6-13H2,1-5H3/t16-,17+,18-,19+,20+,22-,23+,24+/m0/s1. The lowest BCUT2D eigenvalue weighted by Gasteiger charge is -2.64. The van der Waals surface area contributed by atoms with Crippen molar-refractivity contribution in [1.29, 1.82) is 0 Å². The van der Waals surface area contributed by atoms with Gasteiger partial charge in [-0.25, -0.2) is 0 Å². The van der Waals surface area contributed by atoms with Gasteiger partial charge in [-0.2, -0.15) is 0 Å². The van der Waals surface area contributed by atoms with Gasteiger partial charge in [0, 0.05) is 24.7 Å². The third-order valence-electron chi connectivity index (χ3n) is 10.0. The average molecular weight is 389 g/mol. The fraction of sp³-hybridized carbons (Fsp3) is 0.875. The van der Waals surface area contributed by atoms with Gasteiger partial charge in [0.15, 0.2) is 0 Å². The van der Waals surface area contributed by atoms with Crippen LogP contribution in [0.15, 0.2) is 0 Å². The topological polar surface area (TPSA) is 60.4 Å². The Labute approximate surface area is 169 Å². The lowest BCUT2D eigenvalue weighted by atomic mass is 9.40. The molecule has 4 aliphatic rings. The summed E-state index contributed by atoms with van der Waals surface area (Å²) in [6.07, 6.45) is 7.67. The lowest BCUT2D eigenvalue weighted by Crippen LogP contribution is -2.60. The molecule has 4 saturated carbocycles. The molecule has 4 fully saturated rings. The zero-order valence-electron chi connectivity index (χ0n) is 18.2. The van der Waals surface area contributed by atoms with E-state index in [2.05, 4.69) is 20.8 Å². The highest BCUT2D eigenvalue weighted by Crippen LogP contribution is 2.70. The fourth-order valence-corrected chi connectivity index (χ4v) is 8.28. The number of carbonyl (C=O) groups excluding carboxylic acids is 3. The third kappa shape index (κ3) is 2.58. The van der Waals surface area contributed by atoms with Crippen LogP contribution in [-0.4, -0.2) is 23.6 Å². The molecule has 4 nitrogen and oxygen atoms in total. The number of Topliss-reactive ketones (excluding diaryl/α,β-unsaturated/α-hetero) is 2. The molecule has 0 saturated heterocycles. The monoisotopic (exact) mass is 388 g/mol. The molecule has 0 aromatic rings. The number of hydrogen-bond acceptors (Lipinski definition) is 4. The second-order valence-corrected chi connectivity index (χ2v) is 11.0. The number of fused-ring (bicyclic) bond motifs is 5. The largest absolute Gasteiger partial charge is 0.463 e. The van der Waals surface area contributed by atoms with Gasteiger partial charge in [0.1, 0.15) is 17.7 Å². The van der Waals surface area contributed by atoms with Crippen LogP contribution in [-0.2, 0) is 19.1 Å². The second kappa shape index (κ2) is 6.40. The second-order valence-electron chi connectivity index (χ2n) is 11.0. The van der Waals surface area contributed by atoms with Crippen molar-refractivity contribution < 1.29 is 19.1 Å². The summed E-state index contributed by atoms with van der Waals surface area (Å²) in [5.74, 6) is 1.59.